The molecule has 0 bridgehead atoms. The van der Waals surface area contributed by atoms with Crippen LogP contribution in [0.25, 0.3) is 0 Å². The molecule has 1 aromatic heterocycles. The highest BCUT2D eigenvalue weighted by Crippen LogP contribution is 2.24. The van der Waals surface area contributed by atoms with E-state index < -0.39 is 10.0 Å². The third-order valence-corrected chi connectivity index (χ3v) is 5.35. The molecule has 0 saturated carbocycles. The zero-order valence-corrected chi connectivity index (χ0v) is 11.7. The first-order valence-corrected chi connectivity index (χ1v) is 7.76. The van der Waals surface area contributed by atoms with Crippen molar-refractivity contribution in [2.75, 3.05) is 32.1 Å². The van der Waals surface area contributed by atoms with Crippen LogP contribution in [0.5, 0.6) is 0 Å². The maximum absolute atomic E-state index is 12.5. The van der Waals surface area contributed by atoms with Crippen LogP contribution in [0.3, 0.4) is 0 Å². The number of anilines is 1. The fourth-order valence-electron chi connectivity index (χ4n) is 2.19. The molecule has 1 fully saturated rings. The van der Waals surface area contributed by atoms with Gasteiger partial charge in [0.1, 0.15) is 5.82 Å². The van der Waals surface area contributed by atoms with Gasteiger partial charge in [0.15, 0.2) is 0 Å². The van der Waals surface area contributed by atoms with E-state index in [2.05, 4.69) is 10.3 Å². The van der Waals surface area contributed by atoms with Crippen LogP contribution in [0, 0.1) is 5.92 Å². The molecule has 0 aromatic carbocycles. The van der Waals surface area contributed by atoms with Crippen LogP contribution in [0.15, 0.2) is 23.2 Å². The van der Waals surface area contributed by atoms with Crippen LogP contribution >= 0.6 is 0 Å². The molecule has 0 atom stereocenters. The molecule has 1 saturated heterocycles. The molecule has 1 aromatic rings. The second kappa shape index (κ2) is 5.85. The van der Waals surface area contributed by atoms with Gasteiger partial charge in [-0.3, -0.25) is 0 Å². The summed E-state index contributed by atoms with van der Waals surface area (Å²) in [7, 11) is -1.75. The van der Waals surface area contributed by atoms with Crippen molar-refractivity contribution in [2.24, 2.45) is 5.92 Å². The Hall–Kier alpha value is -1.18. The zero-order valence-electron chi connectivity index (χ0n) is 10.9. The summed E-state index contributed by atoms with van der Waals surface area (Å²) in [6.45, 7) is 1.06. The second-order valence-electron chi connectivity index (χ2n) is 4.66. The monoisotopic (exact) mass is 285 g/mol. The van der Waals surface area contributed by atoms with Gasteiger partial charge in [-0.1, -0.05) is 0 Å². The summed E-state index contributed by atoms with van der Waals surface area (Å²) < 4.78 is 26.4. The normalized spacial score (nSPS) is 18.4. The highest BCUT2D eigenvalue weighted by Gasteiger charge is 2.29. The van der Waals surface area contributed by atoms with Crippen molar-refractivity contribution in [3.05, 3.63) is 18.3 Å². The molecule has 0 unspecified atom stereocenters. The van der Waals surface area contributed by atoms with Crippen molar-refractivity contribution in [1.29, 1.82) is 0 Å². The number of hydrogen-bond donors (Lipinski definition) is 2. The Balaban J connectivity index is 2.18. The molecule has 0 amide bonds. The van der Waals surface area contributed by atoms with Gasteiger partial charge in [-0.2, -0.15) is 4.31 Å². The minimum Gasteiger partial charge on any atom is -0.396 e. The number of aliphatic hydroxyl groups is 1. The van der Waals surface area contributed by atoms with E-state index in [0.29, 0.717) is 31.7 Å². The lowest BCUT2D eigenvalue weighted by molar-refractivity contribution is 0.170. The van der Waals surface area contributed by atoms with Crippen LogP contribution in [0.2, 0.25) is 0 Å². The molecule has 19 heavy (non-hydrogen) atoms. The molecule has 2 heterocycles. The SMILES string of the molecule is CNc1cc(S(=O)(=O)N2CCC(CO)CC2)ccn1. The van der Waals surface area contributed by atoms with Gasteiger partial charge in [0.2, 0.25) is 10.0 Å². The predicted molar refractivity (Wildman–Crippen MR) is 72.4 cm³/mol. The lowest BCUT2D eigenvalue weighted by Crippen LogP contribution is -2.39. The number of sulfonamides is 1. The van der Waals surface area contributed by atoms with E-state index >= 15 is 0 Å². The molecule has 1 aliphatic heterocycles. The molecule has 2 rings (SSSR count). The van der Waals surface area contributed by atoms with Gasteiger partial charge in [-0.05, 0) is 24.8 Å². The van der Waals surface area contributed by atoms with Crippen molar-refractivity contribution < 1.29 is 13.5 Å². The van der Waals surface area contributed by atoms with E-state index in [1.807, 2.05) is 0 Å². The lowest BCUT2D eigenvalue weighted by atomic mass is 10.00. The van der Waals surface area contributed by atoms with Crippen molar-refractivity contribution in [2.45, 2.75) is 17.7 Å². The standard InChI is InChI=1S/C12H19N3O3S/c1-13-12-8-11(2-5-14-12)19(17,18)15-6-3-10(9-16)4-7-15/h2,5,8,10,16H,3-4,6-7,9H2,1H3,(H,13,14). The van der Waals surface area contributed by atoms with E-state index in [4.69, 9.17) is 5.11 Å². The molecule has 0 spiro atoms. The second-order valence-corrected chi connectivity index (χ2v) is 6.59. The van der Waals surface area contributed by atoms with Crippen molar-refractivity contribution in [1.82, 2.24) is 9.29 Å². The summed E-state index contributed by atoms with van der Waals surface area (Å²) in [6.07, 6.45) is 2.90. The van der Waals surface area contributed by atoms with Gasteiger partial charge in [-0.15, -0.1) is 0 Å². The fourth-order valence-corrected chi connectivity index (χ4v) is 3.67. The van der Waals surface area contributed by atoms with Gasteiger partial charge < -0.3 is 10.4 Å². The smallest absolute Gasteiger partial charge is 0.243 e. The number of pyridine rings is 1. The van der Waals surface area contributed by atoms with Crippen molar-refractivity contribution in [3.63, 3.8) is 0 Å². The van der Waals surface area contributed by atoms with Gasteiger partial charge in [0, 0.05) is 39.0 Å². The fraction of sp³-hybridized carbons (Fsp3) is 0.583. The van der Waals surface area contributed by atoms with E-state index in [1.54, 1.807) is 7.05 Å². The quantitative estimate of drug-likeness (QED) is 0.842. The maximum Gasteiger partial charge on any atom is 0.243 e. The Morgan fingerprint density at radius 3 is 2.74 bits per heavy atom. The average molecular weight is 285 g/mol. The molecule has 1 aliphatic rings. The predicted octanol–water partition coefficient (Wildman–Crippen LogP) is 0.516. The topological polar surface area (TPSA) is 82.5 Å². The minimum absolute atomic E-state index is 0.132. The van der Waals surface area contributed by atoms with Crippen molar-refractivity contribution in [3.8, 4) is 0 Å². The average Bonchev–Trinajstić information content (AvgIpc) is 2.47. The first kappa shape index (κ1) is 14.2. The van der Waals surface area contributed by atoms with Crippen LogP contribution in [0.4, 0.5) is 5.82 Å². The number of aromatic nitrogens is 1. The number of aliphatic hydroxyl groups excluding tert-OH is 1. The van der Waals surface area contributed by atoms with Crippen LogP contribution in [-0.2, 0) is 10.0 Å². The molecule has 7 heteroatoms. The summed E-state index contributed by atoms with van der Waals surface area (Å²) >= 11 is 0. The highest BCUT2D eigenvalue weighted by atomic mass is 32.2. The van der Waals surface area contributed by atoms with Gasteiger partial charge in [0.25, 0.3) is 0 Å². The van der Waals surface area contributed by atoms with Gasteiger partial charge in [-0.25, -0.2) is 13.4 Å². The molecule has 106 valence electrons. The van der Waals surface area contributed by atoms with Crippen molar-refractivity contribution >= 4 is 15.8 Å². The number of nitrogens with one attached hydrogen (secondary N) is 1. The zero-order chi connectivity index (χ0) is 13.9. The third kappa shape index (κ3) is 3.05. The minimum atomic E-state index is -3.45. The Morgan fingerprint density at radius 1 is 1.47 bits per heavy atom. The Kier molecular flexibility index (Phi) is 4.38. The number of piperidine rings is 1. The lowest BCUT2D eigenvalue weighted by Gasteiger charge is -2.30. The first-order chi connectivity index (χ1) is 9.07. The Labute approximate surface area is 113 Å². The van der Waals surface area contributed by atoms with Crippen LogP contribution in [-0.4, -0.2) is 49.6 Å². The largest absolute Gasteiger partial charge is 0.396 e. The van der Waals surface area contributed by atoms with Gasteiger partial charge >= 0.3 is 0 Å². The molecule has 6 nitrogen and oxygen atoms in total. The molecular weight excluding hydrogens is 266 g/mol. The number of hydrogen-bond acceptors (Lipinski definition) is 5. The third-order valence-electron chi connectivity index (χ3n) is 3.46. The summed E-state index contributed by atoms with van der Waals surface area (Å²) in [5.41, 5.74) is 0. The number of nitrogens with zero attached hydrogens (tertiary/aromatic N) is 2. The molecule has 0 radical (unpaired) electrons. The molecular formula is C12H19N3O3S. The summed E-state index contributed by atoms with van der Waals surface area (Å²) in [4.78, 5) is 4.27. The van der Waals surface area contributed by atoms with E-state index in [-0.39, 0.29) is 17.4 Å². The molecule has 0 aliphatic carbocycles. The van der Waals surface area contributed by atoms with Crippen LogP contribution < -0.4 is 5.32 Å². The summed E-state index contributed by atoms with van der Waals surface area (Å²) in [6, 6.07) is 3.04. The first-order valence-electron chi connectivity index (χ1n) is 6.32. The van der Waals surface area contributed by atoms with E-state index in [9.17, 15) is 8.42 Å². The summed E-state index contributed by atoms with van der Waals surface area (Å²) in [5, 5.41) is 11.9. The van der Waals surface area contributed by atoms with E-state index in [0.717, 1.165) is 0 Å². The van der Waals surface area contributed by atoms with E-state index in [1.165, 1.54) is 22.6 Å². The highest BCUT2D eigenvalue weighted by molar-refractivity contribution is 7.89. The Morgan fingerprint density at radius 2 is 2.16 bits per heavy atom. The van der Waals surface area contributed by atoms with Gasteiger partial charge in [0.05, 0.1) is 4.90 Å². The molecule has 2 N–H and O–H groups in total. The van der Waals surface area contributed by atoms with Crippen LogP contribution in [0.1, 0.15) is 12.8 Å². The Bertz CT molecular complexity index is 525. The summed E-state index contributed by atoms with van der Waals surface area (Å²) in [5.74, 6) is 0.753. The maximum atomic E-state index is 12.5. The number of rotatable bonds is 4.